The molecule has 2 aliphatic heterocycles. The molecule has 0 amide bonds. The molecule has 0 radical (unpaired) electrons. The summed E-state index contributed by atoms with van der Waals surface area (Å²) < 4.78 is 0.755. The summed E-state index contributed by atoms with van der Waals surface area (Å²) in [5, 5.41) is 12.9. The van der Waals surface area contributed by atoms with Crippen LogP contribution in [0.25, 0.3) is 0 Å². The first-order valence-corrected chi connectivity index (χ1v) is 7.48. The molecule has 0 aromatic carbocycles. The Kier molecular flexibility index (Phi) is 4.00. The lowest BCUT2D eigenvalue weighted by molar-refractivity contribution is -0.421. The first kappa shape index (κ1) is 16.4. The summed E-state index contributed by atoms with van der Waals surface area (Å²) in [7, 11) is 0. The van der Waals surface area contributed by atoms with Crippen molar-refractivity contribution in [2.24, 2.45) is 10.8 Å². The predicted molar refractivity (Wildman–Crippen MR) is 89.2 cm³/mol. The molecule has 2 heterocycles. The summed E-state index contributed by atoms with van der Waals surface area (Å²) in [5.74, 6) is 0. The van der Waals surface area contributed by atoms with Gasteiger partial charge in [0, 0.05) is 17.1 Å². The van der Waals surface area contributed by atoms with Gasteiger partial charge in [0.25, 0.3) is 5.70 Å². The number of nitroso groups, excluding NO2 is 1. The third-order valence-electron chi connectivity index (χ3n) is 3.83. The van der Waals surface area contributed by atoms with Crippen molar-refractivity contribution in [2.75, 3.05) is 0 Å². The zero-order chi connectivity index (χ0) is 16.7. The second-order valence-corrected chi connectivity index (χ2v) is 7.75. The molecule has 0 atom stereocenters. The molecule has 0 unspecified atom stereocenters. The van der Waals surface area contributed by atoms with Gasteiger partial charge >= 0.3 is 0 Å². The Hall–Kier alpha value is -1.94. The monoisotopic (exact) mass is 300 g/mol. The standard InChI is InChI=1S/C18H24N2O2/c1-17(2,3)13-7-9-19(21)15(11-13)16-12-14(18(4,5)6)8-10-20(16)22/h7-12H,1-6H3. The van der Waals surface area contributed by atoms with E-state index < -0.39 is 0 Å². The molecule has 0 N–H and O–H groups in total. The molecule has 118 valence electrons. The van der Waals surface area contributed by atoms with E-state index in [4.69, 9.17) is 0 Å². The van der Waals surface area contributed by atoms with Crippen LogP contribution in [0.5, 0.6) is 0 Å². The molecule has 0 bridgehead atoms. The fourth-order valence-electron chi connectivity index (χ4n) is 2.28. The highest BCUT2D eigenvalue weighted by Crippen LogP contribution is 2.35. The molecule has 0 saturated carbocycles. The quantitative estimate of drug-likeness (QED) is 0.605. The van der Waals surface area contributed by atoms with Gasteiger partial charge in [-0.1, -0.05) is 41.5 Å². The molecule has 2 rings (SSSR count). The highest BCUT2D eigenvalue weighted by atomic mass is 16.5. The van der Waals surface area contributed by atoms with Crippen LogP contribution < -0.4 is 0 Å². The van der Waals surface area contributed by atoms with Gasteiger partial charge in [-0.3, -0.25) is 0 Å². The molecule has 4 heteroatoms. The maximum atomic E-state index is 12.2. The van der Waals surface area contributed by atoms with E-state index in [2.05, 4.69) is 41.5 Å². The molecule has 0 fully saturated rings. The van der Waals surface area contributed by atoms with Crippen LogP contribution in [0.3, 0.4) is 0 Å². The van der Waals surface area contributed by atoms with Crippen molar-refractivity contribution in [3.05, 3.63) is 69.4 Å². The molecule has 0 saturated heterocycles. The average molecular weight is 300 g/mol. The second-order valence-electron chi connectivity index (χ2n) is 7.75. The molecule has 22 heavy (non-hydrogen) atoms. The lowest BCUT2D eigenvalue weighted by Crippen LogP contribution is -2.21. The van der Waals surface area contributed by atoms with Gasteiger partial charge < -0.3 is 10.3 Å². The van der Waals surface area contributed by atoms with E-state index in [1.54, 1.807) is 12.2 Å². The summed E-state index contributed by atoms with van der Waals surface area (Å²) in [5.41, 5.74) is 2.64. The van der Waals surface area contributed by atoms with Crippen molar-refractivity contribution >= 4 is 0 Å². The Morgan fingerprint density at radius 1 is 0.955 bits per heavy atom. The van der Waals surface area contributed by atoms with E-state index in [1.165, 1.54) is 12.4 Å². The van der Waals surface area contributed by atoms with E-state index in [0.29, 0.717) is 11.4 Å². The summed E-state index contributed by atoms with van der Waals surface area (Å²) in [6.45, 7) is 12.5. The minimum Gasteiger partial charge on any atom is -0.754 e. The van der Waals surface area contributed by atoms with E-state index in [1.807, 2.05) is 12.2 Å². The first-order chi connectivity index (χ1) is 10.00. The van der Waals surface area contributed by atoms with Gasteiger partial charge in [0.15, 0.2) is 0 Å². The zero-order valence-electron chi connectivity index (χ0n) is 14.2. The number of nitrogens with zero attached hydrogens (tertiary/aromatic N) is 2. The van der Waals surface area contributed by atoms with Crippen LogP contribution in [0.1, 0.15) is 41.5 Å². The molecule has 0 aromatic rings. The van der Waals surface area contributed by atoms with E-state index in [0.717, 1.165) is 21.0 Å². The maximum Gasteiger partial charge on any atom is 0.285 e. The van der Waals surface area contributed by atoms with Gasteiger partial charge in [-0.25, -0.2) is 0 Å². The topological polar surface area (TPSA) is 46.4 Å². The molecular weight excluding hydrogens is 276 g/mol. The SMILES string of the molecule is CC(C)(C)C1=CC(=C2C=C(C(C)(C)C)C=C[N+]2=O)N([O-])C=C1. The van der Waals surface area contributed by atoms with Crippen LogP contribution >= 0.6 is 0 Å². The van der Waals surface area contributed by atoms with Crippen LogP contribution in [0.15, 0.2) is 59.2 Å². The molecule has 2 aliphatic rings. The smallest absolute Gasteiger partial charge is 0.285 e. The third-order valence-corrected chi connectivity index (χ3v) is 3.83. The Morgan fingerprint density at radius 2 is 1.50 bits per heavy atom. The number of hydrogen-bond acceptors (Lipinski definition) is 3. The Bertz CT molecular complexity index is 648. The van der Waals surface area contributed by atoms with Crippen LogP contribution in [-0.4, -0.2) is 9.82 Å². The summed E-state index contributed by atoms with van der Waals surface area (Å²) in [6.07, 6.45) is 10.2. The largest absolute Gasteiger partial charge is 0.754 e. The third kappa shape index (κ3) is 3.28. The Labute approximate surface area is 132 Å². The minimum atomic E-state index is -0.0850. The molecule has 0 aliphatic carbocycles. The predicted octanol–water partition coefficient (Wildman–Crippen LogP) is 4.78. The van der Waals surface area contributed by atoms with Crippen molar-refractivity contribution < 1.29 is 4.76 Å². The highest BCUT2D eigenvalue weighted by Gasteiger charge is 2.29. The van der Waals surface area contributed by atoms with Crippen LogP contribution in [0.2, 0.25) is 0 Å². The fourth-order valence-corrected chi connectivity index (χ4v) is 2.28. The van der Waals surface area contributed by atoms with Crippen molar-refractivity contribution in [3.8, 4) is 0 Å². The molecule has 0 spiro atoms. The highest BCUT2D eigenvalue weighted by molar-refractivity contribution is 5.44. The maximum absolute atomic E-state index is 12.2. The Balaban J connectivity index is 2.58. The summed E-state index contributed by atoms with van der Waals surface area (Å²) >= 11 is 0. The zero-order valence-corrected chi connectivity index (χ0v) is 14.2. The number of allylic oxidation sites excluding steroid dienone is 6. The summed E-state index contributed by atoms with van der Waals surface area (Å²) in [4.78, 5) is 12.2. The van der Waals surface area contributed by atoms with Crippen LogP contribution in [-0.2, 0) is 0 Å². The van der Waals surface area contributed by atoms with Crippen molar-refractivity contribution in [2.45, 2.75) is 41.5 Å². The average Bonchev–Trinajstić information content (AvgIpc) is 2.37. The van der Waals surface area contributed by atoms with Crippen molar-refractivity contribution in [1.82, 2.24) is 5.06 Å². The lowest BCUT2D eigenvalue weighted by Gasteiger charge is -2.33. The number of hydroxylamine groups is 2. The van der Waals surface area contributed by atoms with Crippen molar-refractivity contribution in [3.63, 3.8) is 0 Å². The first-order valence-electron chi connectivity index (χ1n) is 7.48. The fraction of sp³-hybridized carbons (Fsp3) is 0.444. The minimum absolute atomic E-state index is 0.0850. The van der Waals surface area contributed by atoms with Gasteiger partial charge in [-0.2, -0.15) is 0 Å². The second kappa shape index (κ2) is 5.36. The van der Waals surface area contributed by atoms with Gasteiger partial charge in [0.05, 0.1) is 4.76 Å². The van der Waals surface area contributed by atoms with Gasteiger partial charge in [0.1, 0.15) is 5.70 Å². The molecule has 4 nitrogen and oxygen atoms in total. The van der Waals surface area contributed by atoms with Gasteiger partial charge in [-0.15, -0.1) is 0 Å². The van der Waals surface area contributed by atoms with Crippen molar-refractivity contribution in [1.29, 1.82) is 0 Å². The normalized spacial score (nSPS) is 22.9. The lowest BCUT2D eigenvalue weighted by atomic mass is 9.83. The van der Waals surface area contributed by atoms with Crippen LogP contribution in [0, 0.1) is 20.9 Å². The van der Waals surface area contributed by atoms with Gasteiger partial charge in [-0.05, 0) is 40.3 Å². The van der Waals surface area contributed by atoms with E-state index in [-0.39, 0.29) is 10.8 Å². The summed E-state index contributed by atoms with van der Waals surface area (Å²) in [6, 6.07) is 0. The Morgan fingerprint density at radius 3 is 2.05 bits per heavy atom. The van der Waals surface area contributed by atoms with Crippen LogP contribution in [0.4, 0.5) is 0 Å². The van der Waals surface area contributed by atoms with Gasteiger partial charge in [0.2, 0.25) is 6.20 Å². The van der Waals surface area contributed by atoms with E-state index in [9.17, 15) is 10.1 Å². The molecule has 0 aromatic heterocycles. The number of rotatable bonds is 0. The molecular formula is C18H24N2O2. The van der Waals surface area contributed by atoms with E-state index >= 15 is 0 Å². The number of hydrogen-bond donors (Lipinski definition) is 0.